The number of carbonyl (C=O) groups excluding carboxylic acids is 3. The van der Waals surface area contributed by atoms with Crippen LogP contribution in [0.15, 0.2) is 39.5 Å². The van der Waals surface area contributed by atoms with Crippen molar-refractivity contribution in [3.8, 4) is 0 Å². The average molecular weight is 412 g/mol. The fourth-order valence-corrected chi connectivity index (χ4v) is 4.61. The van der Waals surface area contributed by atoms with Crippen LogP contribution in [0.2, 0.25) is 0 Å². The van der Waals surface area contributed by atoms with Gasteiger partial charge in [0.05, 0.1) is 12.7 Å². The molecule has 2 heterocycles. The summed E-state index contributed by atoms with van der Waals surface area (Å²) in [6.07, 6.45) is 1.46. The molecule has 0 saturated heterocycles. The lowest BCUT2D eigenvalue weighted by atomic mass is 10.1. The SMILES string of the molecule is COC(=O)NC(=O)c1c(NC(=O)c2cc3ccccc3oc2=O)sc2c1CCC2. The summed E-state index contributed by atoms with van der Waals surface area (Å²) < 4.78 is 9.68. The van der Waals surface area contributed by atoms with Gasteiger partial charge in [-0.05, 0) is 37.0 Å². The fourth-order valence-electron chi connectivity index (χ4n) is 3.33. The van der Waals surface area contributed by atoms with Crippen molar-refractivity contribution in [1.29, 1.82) is 0 Å². The number of nitrogens with one attached hydrogen (secondary N) is 2. The Morgan fingerprint density at radius 2 is 1.93 bits per heavy atom. The number of hydrogen-bond acceptors (Lipinski definition) is 7. The summed E-state index contributed by atoms with van der Waals surface area (Å²) in [6.45, 7) is 0. The Hall–Kier alpha value is -3.46. The van der Waals surface area contributed by atoms with Crippen molar-refractivity contribution in [2.24, 2.45) is 0 Å². The van der Waals surface area contributed by atoms with E-state index in [1.165, 1.54) is 17.4 Å². The van der Waals surface area contributed by atoms with Crippen LogP contribution in [0.4, 0.5) is 9.80 Å². The lowest BCUT2D eigenvalue weighted by Crippen LogP contribution is -2.31. The Balaban J connectivity index is 1.69. The molecule has 0 aliphatic heterocycles. The smallest absolute Gasteiger partial charge is 0.413 e. The number of para-hydroxylation sites is 1. The summed E-state index contributed by atoms with van der Waals surface area (Å²) >= 11 is 1.27. The molecule has 1 aliphatic carbocycles. The van der Waals surface area contributed by atoms with Crippen molar-refractivity contribution in [2.45, 2.75) is 19.3 Å². The van der Waals surface area contributed by atoms with Gasteiger partial charge in [0, 0.05) is 10.3 Å². The molecule has 0 saturated carbocycles. The standard InChI is InChI=1S/C20H16N2O6S/c1-27-20(26)22-17(24)15-11-6-4-8-14(11)29-18(15)21-16(23)12-9-10-5-2-3-7-13(10)28-19(12)25/h2-3,5,7,9H,4,6,8H2,1H3,(H,21,23)(H,22,24,26). The lowest BCUT2D eigenvalue weighted by Gasteiger charge is -2.08. The Morgan fingerprint density at radius 3 is 2.72 bits per heavy atom. The van der Waals surface area contributed by atoms with E-state index < -0.39 is 23.5 Å². The van der Waals surface area contributed by atoms with E-state index in [9.17, 15) is 19.2 Å². The molecule has 9 heteroatoms. The molecule has 0 fully saturated rings. The molecule has 8 nitrogen and oxygen atoms in total. The number of aryl methyl sites for hydroxylation is 1. The van der Waals surface area contributed by atoms with Crippen LogP contribution in [0.5, 0.6) is 0 Å². The highest BCUT2D eigenvalue weighted by Crippen LogP contribution is 2.39. The van der Waals surface area contributed by atoms with Crippen LogP contribution in [0.1, 0.15) is 37.6 Å². The van der Waals surface area contributed by atoms with Crippen molar-refractivity contribution in [3.05, 3.63) is 62.3 Å². The van der Waals surface area contributed by atoms with E-state index in [0.717, 1.165) is 30.4 Å². The van der Waals surface area contributed by atoms with Crippen LogP contribution in [0.25, 0.3) is 11.0 Å². The number of amides is 3. The number of carbonyl (C=O) groups is 3. The van der Waals surface area contributed by atoms with Gasteiger partial charge >= 0.3 is 11.7 Å². The Kier molecular flexibility index (Phi) is 4.89. The van der Waals surface area contributed by atoms with E-state index in [2.05, 4.69) is 15.4 Å². The van der Waals surface area contributed by atoms with Crippen LogP contribution >= 0.6 is 11.3 Å². The van der Waals surface area contributed by atoms with E-state index in [1.54, 1.807) is 24.3 Å². The maximum atomic E-state index is 12.8. The molecule has 3 aromatic rings. The van der Waals surface area contributed by atoms with Gasteiger partial charge in [-0.2, -0.15) is 0 Å². The molecule has 0 radical (unpaired) electrons. The number of imide groups is 1. The third-order valence-electron chi connectivity index (χ3n) is 4.66. The number of thiophene rings is 1. The molecule has 0 atom stereocenters. The summed E-state index contributed by atoms with van der Waals surface area (Å²) in [4.78, 5) is 50.0. The summed E-state index contributed by atoms with van der Waals surface area (Å²) in [5.74, 6) is -1.34. The third-order valence-corrected chi connectivity index (χ3v) is 5.87. The highest BCUT2D eigenvalue weighted by atomic mass is 32.1. The van der Waals surface area contributed by atoms with Gasteiger partial charge in [0.25, 0.3) is 11.8 Å². The Morgan fingerprint density at radius 1 is 1.14 bits per heavy atom. The van der Waals surface area contributed by atoms with E-state index >= 15 is 0 Å². The van der Waals surface area contributed by atoms with Gasteiger partial charge in [-0.3, -0.25) is 14.9 Å². The number of alkyl carbamates (subject to hydrolysis) is 1. The quantitative estimate of drug-likeness (QED) is 0.639. The van der Waals surface area contributed by atoms with Crippen LogP contribution < -0.4 is 16.3 Å². The van der Waals surface area contributed by atoms with Crippen molar-refractivity contribution < 1.29 is 23.5 Å². The second-order valence-corrected chi connectivity index (χ2v) is 7.55. The zero-order chi connectivity index (χ0) is 20.5. The normalized spacial score (nSPS) is 12.4. The maximum absolute atomic E-state index is 12.8. The van der Waals surface area contributed by atoms with Gasteiger partial charge in [0.1, 0.15) is 16.1 Å². The second-order valence-electron chi connectivity index (χ2n) is 6.45. The average Bonchev–Trinajstić information content (AvgIpc) is 3.27. The predicted molar refractivity (Wildman–Crippen MR) is 107 cm³/mol. The molecule has 2 N–H and O–H groups in total. The number of benzene rings is 1. The highest BCUT2D eigenvalue weighted by molar-refractivity contribution is 7.17. The highest BCUT2D eigenvalue weighted by Gasteiger charge is 2.29. The van der Waals surface area contributed by atoms with Crippen LogP contribution in [0.3, 0.4) is 0 Å². The summed E-state index contributed by atoms with van der Waals surface area (Å²) in [6, 6.07) is 8.31. The van der Waals surface area contributed by atoms with Crippen molar-refractivity contribution >= 4 is 45.2 Å². The zero-order valence-electron chi connectivity index (χ0n) is 15.4. The molecule has 0 spiro atoms. The number of ether oxygens (including phenoxy) is 1. The predicted octanol–water partition coefficient (Wildman–Crippen LogP) is 3.09. The minimum Gasteiger partial charge on any atom is -0.453 e. The molecular formula is C20H16N2O6S. The number of methoxy groups -OCH3 is 1. The first-order valence-electron chi connectivity index (χ1n) is 8.86. The molecule has 2 aromatic heterocycles. The first-order valence-corrected chi connectivity index (χ1v) is 9.67. The molecule has 3 amide bonds. The van der Waals surface area contributed by atoms with E-state index in [4.69, 9.17) is 4.42 Å². The first kappa shape index (κ1) is 18.9. The minimum atomic E-state index is -0.889. The molecule has 29 heavy (non-hydrogen) atoms. The van der Waals surface area contributed by atoms with Gasteiger partial charge in [-0.15, -0.1) is 11.3 Å². The maximum Gasteiger partial charge on any atom is 0.413 e. The largest absolute Gasteiger partial charge is 0.453 e. The molecule has 0 bridgehead atoms. The van der Waals surface area contributed by atoms with E-state index in [1.807, 2.05) is 0 Å². The van der Waals surface area contributed by atoms with Crippen molar-refractivity contribution in [1.82, 2.24) is 5.32 Å². The number of anilines is 1. The van der Waals surface area contributed by atoms with Gasteiger partial charge in [-0.25, -0.2) is 9.59 Å². The fraction of sp³-hybridized carbons (Fsp3) is 0.200. The van der Waals surface area contributed by atoms with Crippen molar-refractivity contribution in [3.63, 3.8) is 0 Å². The molecule has 4 rings (SSSR count). The van der Waals surface area contributed by atoms with Crippen molar-refractivity contribution in [2.75, 3.05) is 12.4 Å². The van der Waals surface area contributed by atoms with Gasteiger partial charge in [0.2, 0.25) is 0 Å². The molecule has 148 valence electrons. The first-order chi connectivity index (χ1) is 14.0. The molecule has 1 aromatic carbocycles. The van der Waals surface area contributed by atoms with Gasteiger partial charge in [0.15, 0.2) is 0 Å². The molecule has 1 aliphatic rings. The van der Waals surface area contributed by atoms with Crippen LogP contribution in [-0.2, 0) is 17.6 Å². The number of fused-ring (bicyclic) bond motifs is 2. The summed E-state index contributed by atoms with van der Waals surface area (Å²) in [5.41, 5.74) is 0.466. The summed E-state index contributed by atoms with van der Waals surface area (Å²) in [5, 5.41) is 5.66. The molecule has 0 unspecified atom stereocenters. The topological polar surface area (TPSA) is 115 Å². The summed E-state index contributed by atoms with van der Waals surface area (Å²) in [7, 11) is 1.16. The van der Waals surface area contributed by atoms with Crippen LogP contribution in [-0.4, -0.2) is 25.0 Å². The monoisotopic (exact) mass is 412 g/mol. The van der Waals surface area contributed by atoms with Gasteiger partial charge < -0.3 is 14.5 Å². The van der Waals surface area contributed by atoms with E-state index in [-0.39, 0.29) is 16.1 Å². The number of hydrogen-bond donors (Lipinski definition) is 2. The minimum absolute atomic E-state index is 0.170. The Bertz CT molecular complexity index is 1210. The Labute approximate surface area is 168 Å². The van der Waals surface area contributed by atoms with Gasteiger partial charge in [-0.1, -0.05) is 18.2 Å². The number of rotatable bonds is 3. The third kappa shape index (κ3) is 3.52. The zero-order valence-corrected chi connectivity index (χ0v) is 16.2. The second kappa shape index (κ2) is 7.51. The molecular weight excluding hydrogens is 396 g/mol. The van der Waals surface area contributed by atoms with Crippen LogP contribution in [0, 0.1) is 0 Å². The van der Waals surface area contributed by atoms with E-state index in [0.29, 0.717) is 17.4 Å². The lowest BCUT2D eigenvalue weighted by molar-refractivity contribution is 0.0937.